The zero-order valence-electron chi connectivity index (χ0n) is 27.4. The smallest absolute Gasteiger partial charge is 0.419 e. The average Bonchev–Trinajstić information content (AvgIpc) is 3.27. The zero-order chi connectivity index (χ0) is 33.6. The Morgan fingerprint density at radius 3 is 2.46 bits per heavy atom. The van der Waals surface area contributed by atoms with Gasteiger partial charge in [0, 0.05) is 33.2 Å². The monoisotopic (exact) mass is 637 g/mol. The van der Waals surface area contributed by atoms with Crippen LogP contribution in [0.15, 0.2) is 45.6 Å². The van der Waals surface area contributed by atoms with Gasteiger partial charge in [-0.15, -0.1) is 0 Å². The van der Waals surface area contributed by atoms with Gasteiger partial charge in [0.05, 0.1) is 18.2 Å². The molecule has 1 aromatic heterocycles. The lowest BCUT2D eigenvalue weighted by molar-refractivity contribution is -0.131. The summed E-state index contributed by atoms with van der Waals surface area (Å²) in [5.41, 5.74) is 0.533. The summed E-state index contributed by atoms with van der Waals surface area (Å²) >= 11 is 0. The second-order valence-electron chi connectivity index (χ2n) is 13.1. The molecule has 0 bridgehead atoms. The molecule has 11 nitrogen and oxygen atoms in total. The Balaban J connectivity index is 1.48. The molecule has 0 spiro atoms. The number of hydrogen-bond donors (Lipinski definition) is 2. The Labute approximate surface area is 268 Å². The Morgan fingerprint density at radius 2 is 1.85 bits per heavy atom. The van der Waals surface area contributed by atoms with Gasteiger partial charge in [-0.2, -0.15) is 5.26 Å². The number of benzene rings is 2. The summed E-state index contributed by atoms with van der Waals surface area (Å²) in [5, 5.41) is 15.3. The number of likely N-dealkylation sites (N-methyl/N-ethyl adjacent to an activating group) is 1. The highest BCUT2D eigenvalue weighted by Crippen LogP contribution is 2.37. The number of carbonyl (C=O) groups is 2. The van der Waals surface area contributed by atoms with Gasteiger partial charge in [0.2, 0.25) is 5.91 Å². The van der Waals surface area contributed by atoms with Gasteiger partial charge in [-0.3, -0.25) is 9.36 Å². The lowest BCUT2D eigenvalue weighted by atomic mass is 9.71. The molecule has 2 amide bonds. The Morgan fingerprint density at radius 1 is 1.15 bits per heavy atom. The maximum Gasteiger partial charge on any atom is 0.419 e. The number of ether oxygens (including phenoxy) is 2. The molecule has 0 saturated heterocycles. The molecule has 1 heterocycles. The van der Waals surface area contributed by atoms with E-state index in [0.717, 1.165) is 25.8 Å². The molecule has 1 saturated carbocycles. The molecule has 2 N–H and O–H groups in total. The Hall–Kier alpha value is -4.21. The van der Waals surface area contributed by atoms with E-state index in [0.29, 0.717) is 41.9 Å². The minimum Gasteiger partial charge on any atom is -0.444 e. The van der Waals surface area contributed by atoms with Crippen LogP contribution in [0, 0.1) is 23.1 Å². The van der Waals surface area contributed by atoms with E-state index in [-0.39, 0.29) is 17.9 Å². The fourth-order valence-corrected chi connectivity index (χ4v) is 5.48. The van der Waals surface area contributed by atoms with E-state index in [1.807, 2.05) is 7.05 Å². The summed E-state index contributed by atoms with van der Waals surface area (Å²) < 4.78 is 32.9. The third-order valence-corrected chi connectivity index (χ3v) is 8.48. The number of nitrogens with zero attached hydrogens (tertiary/aromatic N) is 3. The minimum atomic E-state index is -1.29. The van der Waals surface area contributed by atoms with E-state index in [2.05, 4.69) is 21.6 Å². The van der Waals surface area contributed by atoms with Crippen molar-refractivity contribution in [3.8, 4) is 17.2 Å². The Bertz CT molecular complexity index is 1650. The van der Waals surface area contributed by atoms with Gasteiger partial charge < -0.3 is 29.4 Å². The lowest BCUT2D eigenvalue weighted by Gasteiger charge is -2.42. The highest BCUT2D eigenvalue weighted by molar-refractivity contribution is 5.90. The van der Waals surface area contributed by atoms with Crippen LogP contribution in [0.5, 0.6) is 0 Å². The standard InChI is InChI=1S/C34H44FN5O6/c1-33(2,3)46-31(42)38-34(4,25-8-7-9-25)30(41)37-26(21-36)18-24-11-10-22(19-27(24)35)23-12-13-29-28(20-23)40(32(43)45-29)15-14-39(5)16-17-44-6/h10-13,19-20,25-26H,7-9,14-18H2,1-6H3,(H,37,41)(H,38,42)/t26-,34?/m0/s1. The SMILES string of the molecule is COCCN(C)CCn1c(=O)oc2ccc(-c3ccc(C[C@@H](C#N)NC(=O)C(C)(NC(=O)OC(C)(C)C)C4CCC4)c(F)c3)cc21. The number of fused-ring (bicyclic) bond motifs is 1. The molecule has 2 aromatic carbocycles. The number of alkyl carbamates (subject to hydrolysis) is 1. The molecule has 1 aliphatic rings. The van der Waals surface area contributed by atoms with Gasteiger partial charge in [0.15, 0.2) is 5.58 Å². The van der Waals surface area contributed by atoms with Crippen molar-refractivity contribution in [2.45, 2.75) is 77.1 Å². The van der Waals surface area contributed by atoms with Crippen molar-refractivity contribution in [1.82, 2.24) is 20.1 Å². The first-order valence-electron chi connectivity index (χ1n) is 15.6. The van der Waals surface area contributed by atoms with Crippen LogP contribution in [-0.2, 0) is 27.2 Å². The molecule has 46 heavy (non-hydrogen) atoms. The van der Waals surface area contributed by atoms with Crippen molar-refractivity contribution in [3.05, 3.63) is 58.3 Å². The number of methoxy groups -OCH3 is 1. The van der Waals surface area contributed by atoms with Gasteiger partial charge in [-0.05, 0) is 88.4 Å². The van der Waals surface area contributed by atoms with E-state index >= 15 is 4.39 Å². The number of aromatic nitrogens is 1. The third kappa shape index (κ3) is 8.33. The molecule has 2 atom stereocenters. The number of amides is 2. The van der Waals surface area contributed by atoms with Crippen LogP contribution in [0.3, 0.4) is 0 Å². The summed E-state index contributed by atoms with van der Waals surface area (Å²) in [6.45, 7) is 9.16. The Kier molecular flexibility index (Phi) is 10.9. The number of hydrogen-bond acceptors (Lipinski definition) is 8. The second-order valence-corrected chi connectivity index (χ2v) is 13.1. The van der Waals surface area contributed by atoms with Crippen molar-refractivity contribution in [3.63, 3.8) is 0 Å². The van der Waals surface area contributed by atoms with Crippen LogP contribution < -0.4 is 16.4 Å². The lowest BCUT2D eigenvalue weighted by Crippen LogP contribution is -2.64. The number of nitrogens with one attached hydrogen (secondary N) is 2. The number of nitriles is 1. The first-order chi connectivity index (χ1) is 21.7. The molecule has 1 fully saturated rings. The van der Waals surface area contributed by atoms with Gasteiger partial charge in [0.1, 0.15) is 23.0 Å². The van der Waals surface area contributed by atoms with Crippen LogP contribution in [0.4, 0.5) is 9.18 Å². The van der Waals surface area contributed by atoms with Crippen LogP contribution in [0.25, 0.3) is 22.2 Å². The van der Waals surface area contributed by atoms with Gasteiger partial charge in [0.25, 0.3) is 0 Å². The van der Waals surface area contributed by atoms with E-state index < -0.39 is 40.8 Å². The molecule has 1 unspecified atom stereocenters. The summed E-state index contributed by atoms with van der Waals surface area (Å²) in [6, 6.07) is 11.0. The predicted molar refractivity (Wildman–Crippen MR) is 172 cm³/mol. The van der Waals surface area contributed by atoms with E-state index in [1.54, 1.807) is 69.7 Å². The first-order valence-corrected chi connectivity index (χ1v) is 15.6. The first kappa shape index (κ1) is 34.7. The van der Waals surface area contributed by atoms with Crippen molar-refractivity contribution in [2.75, 3.05) is 33.9 Å². The minimum absolute atomic E-state index is 0.0710. The van der Waals surface area contributed by atoms with Crippen molar-refractivity contribution >= 4 is 23.1 Å². The predicted octanol–water partition coefficient (Wildman–Crippen LogP) is 4.61. The average molecular weight is 638 g/mol. The second kappa shape index (κ2) is 14.5. The van der Waals surface area contributed by atoms with E-state index in [4.69, 9.17) is 13.9 Å². The van der Waals surface area contributed by atoms with Crippen molar-refractivity contribution in [2.24, 2.45) is 5.92 Å². The third-order valence-electron chi connectivity index (χ3n) is 8.48. The molecule has 1 aliphatic carbocycles. The summed E-state index contributed by atoms with van der Waals surface area (Å²) in [4.78, 5) is 40.7. The number of oxazole rings is 1. The van der Waals surface area contributed by atoms with Crippen LogP contribution >= 0.6 is 0 Å². The zero-order valence-corrected chi connectivity index (χ0v) is 27.4. The van der Waals surface area contributed by atoms with Crippen LogP contribution in [0.2, 0.25) is 0 Å². The van der Waals surface area contributed by atoms with Crippen molar-refractivity contribution in [1.29, 1.82) is 5.26 Å². The highest BCUT2D eigenvalue weighted by atomic mass is 19.1. The van der Waals surface area contributed by atoms with Gasteiger partial charge in [-0.1, -0.05) is 24.6 Å². The number of halogens is 1. The molecular weight excluding hydrogens is 593 g/mol. The molecule has 0 aliphatic heterocycles. The fourth-order valence-electron chi connectivity index (χ4n) is 5.48. The molecule has 3 aromatic rings. The van der Waals surface area contributed by atoms with Crippen molar-refractivity contribution < 1.29 is 27.9 Å². The summed E-state index contributed by atoms with van der Waals surface area (Å²) in [6.07, 6.45) is 1.64. The van der Waals surface area contributed by atoms with E-state index in [9.17, 15) is 19.6 Å². The quantitative estimate of drug-likeness (QED) is 0.277. The topological polar surface area (TPSA) is 139 Å². The van der Waals surface area contributed by atoms with E-state index in [1.165, 1.54) is 6.07 Å². The highest BCUT2D eigenvalue weighted by Gasteiger charge is 2.46. The molecule has 4 rings (SSSR count). The number of carbonyl (C=O) groups excluding carboxylic acids is 2. The van der Waals surface area contributed by atoms with Gasteiger partial charge >= 0.3 is 11.8 Å². The molecule has 0 radical (unpaired) electrons. The number of rotatable bonds is 13. The maximum absolute atomic E-state index is 15.4. The maximum atomic E-state index is 15.4. The molecule has 248 valence electrons. The van der Waals surface area contributed by atoms with Gasteiger partial charge in [-0.25, -0.2) is 14.0 Å². The van der Waals surface area contributed by atoms with Crippen LogP contribution in [-0.4, -0.2) is 72.5 Å². The molecular formula is C34H44FN5O6. The largest absolute Gasteiger partial charge is 0.444 e. The fraction of sp³-hybridized carbons (Fsp3) is 0.529. The molecule has 12 heteroatoms. The van der Waals surface area contributed by atoms with Crippen LogP contribution in [0.1, 0.15) is 52.5 Å². The summed E-state index contributed by atoms with van der Waals surface area (Å²) in [5.74, 6) is -1.63. The normalized spacial score (nSPS) is 15.5. The summed E-state index contributed by atoms with van der Waals surface area (Å²) in [7, 11) is 3.58.